The van der Waals surface area contributed by atoms with E-state index in [1.807, 2.05) is 6.92 Å². The van der Waals surface area contributed by atoms with Gasteiger partial charge in [-0.05, 0) is 63.7 Å². The summed E-state index contributed by atoms with van der Waals surface area (Å²) in [6.45, 7) is 8.56. The summed E-state index contributed by atoms with van der Waals surface area (Å²) < 4.78 is 0. The minimum absolute atomic E-state index is 0.369. The van der Waals surface area contributed by atoms with Gasteiger partial charge in [-0.25, -0.2) is 0 Å². The number of aliphatic hydroxyl groups is 2. The lowest BCUT2D eigenvalue weighted by molar-refractivity contribution is -0.0109. The Morgan fingerprint density at radius 2 is 1.88 bits per heavy atom. The Morgan fingerprint density at radius 1 is 1.12 bits per heavy atom. The molecule has 1 rings (SSSR count). The minimum atomic E-state index is -0.719. The van der Waals surface area contributed by atoms with Gasteiger partial charge in [0.25, 0.3) is 0 Å². The maximum absolute atomic E-state index is 10.5. The first-order valence-corrected chi connectivity index (χ1v) is 10.4. The smallest absolute Gasteiger partial charge is 0.0644 e. The van der Waals surface area contributed by atoms with Crippen LogP contribution in [0.1, 0.15) is 105 Å². The highest BCUT2D eigenvalue weighted by Crippen LogP contribution is 2.26. The van der Waals surface area contributed by atoms with Gasteiger partial charge in [-0.1, -0.05) is 58.1 Å². The minimum Gasteiger partial charge on any atom is -0.393 e. The Labute approximate surface area is 150 Å². The fraction of sp³-hybridized carbons (Fsp3) is 0.909. The van der Waals surface area contributed by atoms with Gasteiger partial charge in [0.1, 0.15) is 0 Å². The zero-order valence-corrected chi connectivity index (χ0v) is 16.7. The van der Waals surface area contributed by atoms with Crippen LogP contribution >= 0.6 is 0 Å². The standard InChI is InChI=1S/C22H42O2/c1-18(2)10-9-15-22(4,24)17-21(23)16-19(3)11-5-6-12-20-13-7-8-14-20/h13,18-19,21,23-24H,5-12,14-17H2,1-4H3. The molecular formula is C22H42O2. The first-order chi connectivity index (χ1) is 11.3. The van der Waals surface area contributed by atoms with E-state index in [0.29, 0.717) is 18.3 Å². The number of hydrogen-bond donors (Lipinski definition) is 2. The van der Waals surface area contributed by atoms with Crippen LogP contribution in [-0.4, -0.2) is 21.9 Å². The summed E-state index contributed by atoms with van der Waals surface area (Å²) in [5.41, 5.74) is 0.948. The molecule has 0 saturated heterocycles. The third-order valence-electron chi connectivity index (χ3n) is 5.43. The predicted octanol–water partition coefficient (Wildman–Crippen LogP) is 6.01. The molecule has 2 nitrogen and oxygen atoms in total. The summed E-state index contributed by atoms with van der Waals surface area (Å²) in [6.07, 6.45) is 15.4. The molecule has 0 saturated carbocycles. The fourth-order valence-electron chi connectivity index (χ4n) is 3.98. The van der Waals surface area contributed by atoms with Crippen molar-refractivity contribution in [2.75, 3.05) is 0 Å². The van der Waals surface area contributed by atoms with Crippen LogP contribution in [0.25, 0.3) is 0 Å². The first-order valence-electron chi connectivity index (χ1n) is 10.4. The molecule has 0 fully saturated rings. The average molecular weight is 339 g/mol. The Balaban J connectivity index is 2.12. The molecule has 0 amide bonds. The van der Waals surface area contributed by atoms with E-state index in [1.54, 1.807) is 5.57 Å². The number of allylic oxidation sites excluding steroid dienone is 2. The summed E-state index contributed by atoms with van der Waals surface area (Å²) in [5.74, 6) is 1.23. The molecule has 0 aliphatic heterocycles. The summed E-state index contributed by atoms with van der Waals surface area (Å²) in [5, 5.41) is 20.8. The Hall–Kier alpha value is -0.340. The van der Waals surface area contributed by atoms with Crippen molar-refractivity contribution >= 4 is 0 Å². The Kier molecular flexibility index (Phi) is 10.2. The molecule has 1 aliphatic carbocycles. The molecule has 2 N–H and O–H groups in total. The molecule has 0 heterocycles. The molecule has 142 valence electrons. The van der Waals surface area contributed by atoms with Crippen molar-refractivity contribution in [1.29, 1.82) is 0 Å². The van der Waals surface area contributed by atoms with Crippen LogP contribution in [0.15, 0.2) is 11.6 Å². The van der Waals surface area contributed by atoms with Crippen LogP contribution in [-0.2, 0) is 0 Å². The zero-order valence-electron chi connectivity index (χ0n) is 16.7. The molecule has 0 radical (unpaired) electrons. The highest BCUT2D eigenvalue weighted by Gasteiger charge is 2.25. The largest absolute Gasteiger partial charge is 0.393 e. The highest BCUT2D eigenvalue weighted by atomic mass is 16.3. The van der Waals surface area contributed by atoms with E-state index in [0.717, 1.165) is 25.7 Å². The molecule has 0 aromatic rings. The van der Waals surface area contributed by atoms with Crippen LogP contribution in [0, 0.1) is 11.8 Å². The maximum atomic E-state index is 10.5. The van der Waals surface area contributed by atoms with Crippen LogP contribution in [0.4, 0.5) is 0 Å². The van der Waals surface area contributed by atoms with Crippen molar-refractivity contribution < 1.29 is 10.2 Å². The monoisotopic (exact) mass is 338 g/mol. The lowest BCUT2D eigenvalue weighted by Crippen LogP contribution is -2.31. The van der Waals surface area contributed by atoms with Gasteiger partial charge in [0.15, 0.2) is 0 Å². The molecule has 2 heteroatoms. The summed E-state index contributed by atoms with van der Waals surface area (Å²) in [7, 11) is 0. The number of aliphatic hydroxyl groups excluding tert-OH is 1. The average Bonchev–Trinajstić information content (AvgIpc) is 2.95. The summed E-state index contributed by atoms with van der Waals surface area (Å²) in [4.78, 5) is 0. The molecule has 3 unspecified atom stereocenters. The predicted molar refractivity (Wildman–Crippen MR) is 104 cm³/mol. The van der Waals surface area contributed by atoms with E-state index in [2.05, 4.69) is 26.8 Å². The van der Waals surface area contributed by atoms with Crippen molar-refractivity contribution in [2.24, 2.45) is 11.8 Å². The maximum Gasteiger partial charge on any atom is 0.0644 e. The van der Waals surface area contributed by atoms with Crippen molar-refractivity contribution in [3.8, 4) is 0 Å². The van der Waals surface area contributed by atoms with Crippen LogP contribution in [0.3, 0.4) is 0 Å². The zero-order chi connectivity index (χ0) is 18.0. The van der Waals surface area contributed by atoms with E-state index < -0.39 is 5.60 Å². The second-order valence-electron chi connectivity index (χ2n) is 8.98. The van der Waals surface area contributed by atoms with Gasteiger partial charge in [-0.2, -0.15) is 0 Å². The highest BCUT2D eigenvalue weighted by molar-refractivity contribution is 5.06. The topological polar surface area (TPSA) is 40.5 Å². The second-order valence-corrected chi connectivity index (χ2v) is 8.98. The van der Waals surface area contributed by atoms with Crippen LogP contribution in [0.2, 0.25) is 0 Å². The number of unbranched alkanes of at least 4 members (excludes halogenated alkanes) is 1. The number of rotatable bonds is 13. The van der Waals surface area contributed by atoms with Crippen molar-refractivity contribution in [3.63, 3.8) is 0 Å². The molecule has 24 heavy (non-hydrogen) atoms. The van der Waals surface area contributed by atoms with Crippen molar-refractivity contribution in [2.45, 2.75) is 116 Å². The van der Waals surface area contributed by atoms with Gasteiger partial charge in [0.05, 0.1) is 11.7 Å². The SMILES string of the molecule is CC(C)CCCC(C)(O)CC(O)CC(C)CCCCC1=CCCC1. The third kappa shape index (κ3) is 10.5. The fourth-order valence-corrected chi connectivity index (χ4v) is 3.98. The molecule has 1 aliphatic rings. The van der Waals surface area contributed by atoms with E-state index in [-0.39, 0.29) is 6.10 Å². The molecule has 0 aromatic heterocycles. The van der Waals surface area contributed by atoms with Crippen molar-refractivity contribution in [1.82, 2.24) is 0 Å². The van der Waals surface area contributed by atoms with E-state index in [9.17, 15) is 10.2 Å². The normalized spacial score (nSPS) is 20.0. The van der Waals surface area contributed by atoms with Gasteiger partial charge in [0, 0.05) is 6.42 Å². The molecule has 0 aromatic carbocycles. The van der Waals surface area contributed by atoms with E-state index >= 15 is 0 Å². The van der Waals surface area contributed by atoms with Crippen LogP contribution < -0.4 is 0 Å². The molecule has 0 bridgehead atoms. The quantitative estimate of drug-likeness (QED) is 0.319. The van der Waals surface area contributed by atoms with E-state index in [4.69, 9.17) is 0 Å². The van der Waals surface area contributed by atoms with Crippen molar-refractivity contribution in [3.05, 3.63) is 11.6 Å². The first kappa shape index (κ1) is 21.7. The van der Waals surface area contributed by atoms with Gasteiger partial charge in [0.2, 0.25) is 0 Å². The van der Waals surface area contributed by atoms with Gasteiger partial charge in [-0.15, -0.1) is 0 Å². The van der Waals surface area contributed by atoms with Gasteiger partial charge < -0.3 is 10.2 Å². The Morgan fingerprint density at radius 3 is 2.50 bits per heavy atom. The van der Waals surface area contributed by atoms with Gasteiger partial charge >= 0.3 is 0 Å². The third-order valence-corrected chi connectivity index (χ3v) is 5.43. The summed E-state index contributed by atoms with van der Waals surface area (Å²) >= 11 is 0. The summed E-state index contributed by atoms with van der Waals surface area (Å²) in [6, 6.07) is 0. The van der Waals surface area contributed by atoms with Crippen LogP contribution in [0.5, 0.6) is 0 Å². The second kappa shape index (κ2) is 11.3. The van der Waals surface area contributed by atoms with Gasteiger partial charge in [-0.3, -0.25) is 0 Å². The lowest BCUT2D eigenvalue weighted by atomic mass is 9.87. The molecular weight excluding hydrogens is 296 g/mol. The molecule has 0 spiro atoms. The van der Waals surface area contributed by atoms with E-state index in [1.165, 1.54) is 44.9 Å². The molecule has 3 atom stereocenters. The number of hydrogen-bond acceptors (Lipinski definition) is 2. The lowest BCUT2D eigenvalue weighted by Gasteiger charge is -2.27. The Bertz CT molecular complexity index is 357.